The second-order valence-corrected chi connectivity index (χ2v) is 6.48. The Bertz CT molecular complexity index is 428. The van der Waals surface area contributed by atoms with Gasteiger partial charge in [-0.3, -0.25) is 0 Å². The third kappa shape index (κ3) is 7.76. The first kappa shape index (κ1) is 21.6. The molecule has 0 unspecified atom stereocenters. The van der Waals surface area contributed by atoms with Crippen molar-refractivity contribution in [3.63, 3.8) is 0 Å². The van der Waals surface area contributed by atoms with Crippen molar-refractivity contribution in [2.75, 3.05) is 13.1 Å². The standard InChI is InChI=1S/C16H30N4S.HI/c1-6-13(7-2)9-18-16(17-8-3)19-10-14-11-21-15(20-14)12(4)5;/h11-13H,6-10H2,1-5H3,(H2,17,18,19);1H. The summed E-state index contributed by atoms with van der Waals surface area (Å²) >= 11 is 1.73. The molecule has 1 aromatic heterocycles. The van der Waals surface area contributed by atoms with Crippen LogP contribution < -0.4 is 10.6 Å². The van der Waals surface area contributed by atoms with E-state index in [0.29, 0.717) is 18.4 Å². The van der Waals surface area contributed by atoms with Gasteiger partial charge in [-0.05, 0) is 12.8 Å². The highest BCUT2D eigenvalue weighted by atomic mass is 127. The van der Waals surface area contributed by atoms with E-state index in [1.54, 1.807) is 11.3 Å². The van der Waals surface area contributed by atoms with Crippen molar-refractivity contribution in [2.24, 2.45) is 10.9 Å². The molecule has 6 heteroatoms. The van der Waals surface area contributed by atoms with Crippen LogP contribution in [0, 0.1) is 5.92 Å². The molecule has 0 saturated heterocycles. The molecule has 22 heavy (non-hydrogen) atoms. The van der Waals surface area contributed by atoms with Gasteiger partial charge in [-0.25, -0.2) is 9.98 Å². The molecule has 0 aliphatic carbocycles. The molecule has 1 rings (SSSR count). The number of rotatable bonds is 8. The van der Waals surface area contributed by atoms with Gasteiger partial charge in [-0.15, -0.1) is 35.3 Å². The van der Waals surface area contributed by atoms with Crippen molar-refractivity contribution in [3.05, 3.63) is 16.1 Å². The highest BCUT2D eigenvalue weighted by Crippen LogP contribution is 2.19. The third-order valence-corrected chi connectivity index (χ3v) is 4.71. The van der Waals surface area contributed by atoms with Gasteiger partial charge in [0.2, 0.25) is 0 Å². The minimum atomic E-state index is 0. The Morgan fingerprint density at radius 2 is 1.91 bits per heavy atom. The molecule has 0 fully saturated rings. The summed E-state index contributed by atoms with van der Waals surface area (Å²) in [5.41, 5.74) is 1.06. The van der Waals surface area contributed by atoms with Crippen molar-refractivity contribution in [3.8, 4) is 0 Å². The number of hydrogen-bond donors (Lipinski definition) is 2. The predicted octanol–water partition coefficient (Wildman–Crippen LogP) is 4.38. The molecule has 0 aliphatic heterocycles. The van der Waals surface area contributed by atoms with Gasteiger partial charge in [0.1, 0.15) is 0 Å². The Morgan fingerprint density at radius 3 is 2.41 bits per heavy atom. The molecule has 0 saturated carbocycles. The molecular formula is C16H31IN4S. The van der Waals surface area contributed by atoms with Gasteiger partial charge >= 0.3 is 0 Å². The third-order valence-electron chi connectivity index (χ3n) is 3.52. The minimum Gasteiger partial charge on any atom is -0.357 e. The molecule has 0 radical (unpaired) electrons. The number of nitrogens with one attached hydrogen (secondary N) is 2. The lowest BCUT2D eigenvalue weighted by molar-refractivity contribution is 0.481. The van der Waals surface area contributed by atoms with Crippen LogP contribution in [0.4, 0.5) is 0 Å². The monoisotopic (exact) mass is 438 g/mol. The van der Waals surface area contributed by atoms with Crippen LogP contribution >= 0.6 is 35.3 Å². The van der Waals surface area contributed by atoms with Crippen molar-refractivity contribution in [2.45, 2.75) is 59.9 Å². The van der Waals surface area contributed by atoms with E-state index in [4.69, 9.17) is 0 Å². The molecule has 0 aromatic carbocycles. The molecule has 2 N–H and O–H groups in total. The number of aliphatic imine (C=N–C) groups is 1. The quantitative estimate of drug-likeness (QED) is 0.360. The van der Waals surface area contributed by atoms with Crippen LogP contribution in [0.2, 0.25) is 0 Å². The van der Waals surface area contributed by atoms with E-state index in [0.717, 1.165) is 24.7 Å². The van der Waals surface area contributed by atoms with E-state index in [1.807, 2.05) is 0 Å². The summed E-state index contributed by atoms with van der Waals surface area (Å²) in [6.45, 7) is 13.4. The summed E-state index contributed by atoms with van der Waals surface area (Å²) < 4.78 is 0. The first-order chi connectivity index (χ1) is 10.1. The van der Waals surface area contributed by atoms with Crippen LogP contribution in [0.1, 0.15) is 64.1 Å². The summed E-state index contributed by atoms with van der Waals surface area (Å²) in [7, 11) is 0. The Morgan fingerprint density at radius 1 is 1.23 bits per heavy atom. The van der Waals surface area contributed by atoms with Crippen LogP contribution in [0.5, 0.6) is 0 Å². The highest BCUT2D eigenvalue weighted by molar-refractivity contribution is 14.0. The van der Waals surface area contributed by atoms with Crippen LogP contribution in [0.15, 0.2) is 10.4 Å². The number of aromatic nitrogens is 1. The number of halogens is 1. The molecule has 1 aromatic rings. The van der Waals surface area contributed by atoms with Crippen molar-refractivity contribution in [1.29, 1.82) is 0 Å². The lowest BCUT2D eigenvalue weighted by Crippen LogP contribution is -2.39. The van der Waals surface area contributed by atoms with E-state index in [2.05, 4.69) is 60.6 Å². The Labute approximate surface area is 156 Å². The maximum absolute atomic E-state index is 4.64. The first-order valence-electron chi connectivity index (χ1n) is 8.07. The molecule has 1 heterocycles. The second kappa shape index (κ2) is 12.1. The zero-order valence-electron chi connectivity index (χ0n) is 14.5. The van der Waals surface area contributed by atoms with Crippen molar-refractivity contribution >= 4 is 41.3 Å². The van der Waals surface area contributed by atoms with E-state index in [1.165, 1.54) is 17.8 Å². The molecule has 0 amide bonds. The Hall–Kier alpha value is -0.370. The molecule has 0 atom stereocenters. The van der Waals surface area contributed by atoms with Crippen molar-refractivity contribution in [1.82, 2.24) is 15.6 Å². The van der Waals surface area contributed by atoms with E-state index < -0.39 is 0 Å². The Balaban J connectivity index is 0.00000441. The lowest BCUT2D eigenvalue weighted by Gasteiger charge is -2.16. The fourth-order valence-corrected chi connectivity index (χ4v) is 2.81. The minimum absolute atomic E-state index is 0. The summed E-state index contributed by atoms with van der Waals surface area (Å²) in [4.78, 5) is 9.26. The van der Waals surface area contributed by atoms with Gasteiger partial charge < -0.3 is 10.6 Å². The van der Waals surface area contributed by atoms with E-state index in [-0.39, 0.29) is 24.0 Å². The van der Waals surface area contributed by atoms with Crippen molar-refractivity contribution < 1.29 is 0 Å². The maximum Gasteiger partial charge on any atom is 0.191 e. The topological polar surface area (TPSA) is 49.3 Å². The van der Waals surface area contributed by atoms with E-state index >= 15 is 0 Å². The molecule has 4 nitrogen and oxygen atoms in total. The number of hydrogen-bond acceptors (Lipinski definition) is 3. The largest absolute Gasteiger partial charge is 0.357 e. The summed E-state index contributed by atoms with van der Waals surface area (Å²) in [6.07, 6.45) is 2.40. The van der Waals surface area contributed by atoms with Crippen LogP contribution in [-0.4, -0.2) is 24.0 Å². The highest BCUT2D eigenvalue weighted by Gasteiger charge is 2.07. The number of thiazole rings is 1. The lowest BCUT2D eigenvalue weighted by atomic mass is 10.0. The Kier molecular flexibility index (Phi) is 11.9. The molecule has 0 spiro atoms. The van der Waals surface area contributed by atoms with Gasteiger partial charge in [-0.1, -0.05) is 40.5 Å². The van der Waals surface area contributed by atoms with Crippen LogP contribution in [0.25, 0.3) is 0 Å². The van der Waals surface area contributed by atoms with Crippen LogP contribution in [0.3, 0.4) is 0 Å². The van der Waals surface area contributed by atoms with Gasteiger partial charge in [0.25, 0.3) is 0 Å². The molecule has 0 aliphatic rings. The SMILES string of the molecule is CCNC(=NCc1csc(C(C)C)n1)NCC(CC)CC.I. The van der Waals surface area contributed by atoms with Gasteiger partial charge in [-0.2, -0.15) is 0 Å². The molecule has 128 valence electrons. The maximum atomic E-state index is 4.64. The van der Waals surface area contributed by atoms with Crippen LogP contribution in [-0.2, 0) is 6.54 Å². The fraction of sp³-hybridized carbons (Fsp3) is 0.750. The average Bonchev–Trinajstić information content (AvgIpc) is 2.94. The fourth-order valence-electron chi connectivity index (χ4n) is 1.98. The first-order valence-corrected chi connectivity index (χ1v) is 8.95. The number of guanidine groups is 1. The predicted molar refractivity (Wildman–Crippen MR) is 109 cm³/mol. The zero-order chi connectivity index (χ0) is 15.7. The molecule has 0 bridgehead atoms. The summed E-state index contributed by atoms with van der Waals surface area (Å²) in [6, 6.07) is 0. The normalized spacial score (nSPS) is 11.7. The average molecular weight is 438 g/mol. The molecular weight excluding hydrogens is 407 g/mol. The smallest absolute Gasteiger partial charge is 0.191 e. The van der Waals surface area contributed by atoms with Gasteiger partial charge in [0.15, 0.2) is 5.96 Å². The van der Waals surface area contributed by atoms with Gasteiger partial charge in [0.05, 0.1) is 17.2 Å². The second-order valence-electron chi connectivity index (χ2n) is 5.59. The number of nitrogens with zero attached hydrogens (tertiary/aromatic N) is 2. The van der Waals surface area contributed by atoms with Gasteiger partial charge in [0, 0.05) is 24.4 Å². The van der Waals surface area contributed by atoms with E-state index in [9.17, 15) is 0 Å². The summed E-state index contributed by atoms with van der Waals surface area (Å²) in [5, 5.41) is 10.0. The summed E-state index contributed by atoms with van der Waals surface area (Å²) in [5.74, 6) is 2.10. The zero-order valence-corrected chi connectivity index (χ0v) is 17.6.